The van der Waals surface area contributed by atoms with Crippen LogP contribution in [0.15, 0.2) is 23.5 Å². The van der Waals surface area contributed by atoms with E-state index in [0.29, 0.717) is 5.92 Å². The van der Waals surface area contributed by atoms with E-state index in [2.05, 4.69) is 27.6 Å². The molecule has 0 aromatic carbocycles. The first-order valence-electron chi connectivity index (χ1n) is 9.53. The topological polar surface area (TPSA) is 72.7 Å². The molecule has 1 fully saturated rings. The standard InChI is InChI=1S/C18H33N5O2/c1-2-19-18(20-8-3-11-23-12-4-10-22-23)21-9-5-13-25-16-17-6-14-24-15-7-17/h4,10,12,17H,2-3,5-9,11,13-16H2,1H3,(H2,19,20,21). The van der Waals surface area contributed by atoms with E-state index < -0.39 is 0 Å². The molecule has 0 bridgehead atoms. The van der Waals surface area contributed by atoms with Crippen molar-refractivity contribution in [1.29, 1.82) is 0 Å². The van der Waals surface area contributed by atoms with E-state index in [1.165, 1.54) is 0 Å². The molecule has 1 aliphatic heterocycles. The summed E-state index contributed by atoms with van der Waals surface area (Å²) in [5, 5.41) is 10.8. The van der Waals surface area contributed by atoms with Gasteiger partial charge in [-0.05, 0) is 44.6 Å². The van der Waals surface area contributed by atoms with Gasteiger partial charge < -0.3 is 20.1 Å². The number of guanidine groups is 1. The fourth-order valence-corrected chi connectivity index (χ4v) is 2.74. The Bertz CT molecular complexity index is 458. The lowest BCUT2D eigenvalue weighted by Gasteiger charge is -2.21. The summed E-state index contributed by atoms with van der Waals surface area (Å²) >= 11 is 0. The highest BCUT2D eigenvalue weighted by molar-refractivity contribution is 5.79. The molecule has 2 heterocycles. The number of hydrogen-bond acceptors (Lipinski definition) is 4. The van der Waals surface area contributed by atoms with Gasteiger partial charge in [0.05, 0.1) is 0 Å². The first-order chi connectivity index (χ1) is 12.4. The van der Waals surface area contributed by atoms with E-state index in [4.69, 9.17) is 9.47 Å². The number of nitrogens with zero attached hydrogens (tertiary/aromatic N) is 3. The lowest BCUT2D eigenvalue weighted by molar-refractivity contribution is 0.0203. The highest BCUT2D eigenvalue weighted by Gasteiger charge is 2.13. The van der Waals surface area contributed by atoms with Crippen LogP contribution in [0, 0.1) is 5.92 Å². The van der Waals surface area contributed by atoms with Gasteiger partial charge in [-0.15, -0.1) is 0 Å². The summed E-state index contributed by atoms with van der Waals surface area (Å²) in [6, 6.07) is 1.94. The van der Waals surface area contributed by atoms with Gasteiger partial charge >= 0.3 is 0 Å². The molecule has 0 amide bonds. The molecule has 0 aliphatic carbocycles. The molecule has 7 nitrogen and oxygen atoms in total. The quantitative estimate of drug-likeness (QED) is 0.360. The Kier molecular flexibility index (Phi) is 10.0. The van der Waals surface area contributed by atoms with Crippen LogP contribution in [-0.4, -0.2) is 61.8 Å². The number of rotatable bonds is 11. The van der Waals surface area contributed by atoms with E-state index in [1.54, 1.807) is 6.20 Å². The highest BCUT2D eigenvalue weighted by atomic mass is 16.5. The largest absolute Gasteiger partial charge is 0.381 e. The molecule has 142 valence electrons. The molecule has 0 radical (unpaired) electrons. The molecule has 0 unspecified atom stereocenters. The Morgan fingerprint density at radius 3 is 2.96 bits per heavy atom. The lowest BCUT2D eigenvalue weighted by Crippen LogP contribution is -2.38. The van der Waals surface area contributed by atoms with Crippen LogP contribution in [0.25, 0.3) is 0 Å². The summed E-state index contributed by atoms with van der Waals surface area (Å²) < 4.78 is 13.1. The van der Waals surface area contributed by atoms with E-state index in [1.807, 2.05) is 16.9 Å². The second-order valence-corrected chi connectivity index (χ2v) is 6.29. The summed E-state index contributed by atoms with van der Waals surface area (Å²) in [4.78, 5) is 4.60. The molecule has 2 rings (SSSR count). The molecule has 2 N–H and O–H groups in total. The average Bonchev–Trinajstić information content (AvgIpc) is 3.16. The normalized spacial score (nSPS) is 16.1. The molecule has 0 saturated carbocycles. The Labute approximate surface area is 151 Å². The third kappa shape index (κ3) is 8.88. The lowest BCUT2D eigenvalue weighted by atomic mass is 10.0. The van der Waals surface area contributed by atoms with Crippen molar-refractivity contribution in [1.82, 2.24) is 20.4 Å². The summed E-state index contributed by atoms with van der Waals surface area (Å²) in [5.74, 6) is 1.56. The van der Waals surface area contributed by atoms with E-state index in [9.17, 15) is 0 Å². The zero-order valence-corrected chi connectivity index (χ0v) is 15.5. The number of aromatic nitrogens is 2. The summed E-state index contributed by atoms with van der Waals surface area (Å²) in [7, 11) is 0. The number of nitrogens with one attached hydrogen (secondary N) is 2. The molecular formula is C18H33N5O2. The van der Waals surface area contributed by atoms with Crippen molar-refractivity contribution in [2.75, 3.05) is 46.1 Å². The van der Waals surface area contributed by atoms with Crippen molar-refractivity contribution in [2.24, 2.45) is 10.9 Å². The van der Waals surface area contributed by atoms with Crippen LogP contribution in [0.1, 0.15) is 32.6 Å². The van der Waals surface area contributed by atoms with E-state index >= 15 is 0 Å². The third-order valence-corrected chi connectivity index (χ3v) is 4.17. The van der Waals surface area contributed by atoms with Gasteiger partial charge in [0.15, 0.2) is 5.96 Å². The Balaban J connectivity index is 1.51. The molecule has 0 spiro atoms. The minimum atomic E-state index is 0.676. The molecule has 1 aromatic rings. The maximum Gasteiger partial charge on any atom is 0.191 e. The predicted molar refractivity (Wildman–Crippen MR) is 99.8 cm³/mol. The SMILES string of the molecule is CCNC(=NCCCn1cccn1)NCCCOCC1CCOCC1. The molecular weight excluding hydrogens is 318 g/mol. The van der Waals surface area contributed by atoms with Crippen molar-refractivity contribution in [3.63, 3.8) is 0 Å². The van der Waals surface area contributed by atoms with Crippen LogP contribution >= 0.6 is 0 Å². The second kappa shape index (κ2) is 12.7. The minimum Gasteiger partial charge on any atom is -0.381 e. The van der Waals surface area contributed by atoms with Crippen LogP contribution in [0.2, 0.25) is 0 Å². The zero-order chi connectivity index (χ0) is 17.6. The van der Waals surface area contributed by atoms with E-state index in [0.717, 1.165) is 84.2 Å². The highest BCUT2D eigenvalue weighted by Crippen LogP contribution is 2.14. The van der Waals surface area contributed by atoms with Gasteiger partial charge in [-0.1, -0.05) is 0 Å². The van der Waals surface area contributed by atoms with Crippen molar-refractivity contribution in [2.45, 2.75) is 39.2 Å². The smallest absolute Gasteiger partial charge is 0.191 e. The van der Waals surface area contributed by atoms with Crippen LogP contribution in [0.4, 0.5) is 0 Å². The molecule has 1 saturated heterocycles. The molecule has 7 heteroatoms. The predicted octanol–water partition coefficient (Wildman–Crippen LogP) is 1.66. The number of aryl methyl sites for hydroxylation is 1. The van der Waals surface area contributed by atoms with Gasteiger partial charge in [-0.2, -0.15) is 5.10 Å². The maximum absolute atomic E-state index is 5.79. The Morgan fingerprint density at radius 1 is 1.32 bits per heavy atom. The van der Waals surface area contributed by atoms with Crippen LogP contribution < -0.4 is 10.6 Å². The van der Waals surface area contributed by atoms with Gasteiger partial charge in [-0.3, -0.25) is 9.67 Å². The number of hydrogen-bond donors (Lipinski definition) is 2. The van der Waals surface area contributed by atoms with Crippen LogP contribution in [0.3, 0.4) is 0 Å². The average molecular weight is 351 g/mol. The second-order valence-electron chi connectivity index (χ2n) is 6.29. The van der Waals surface area contributed by atoms with Gasteiger partial charge in [-0.25, -0.2) is 0 Å². The summed E-state index contributed by atoms with van der Waals surface area (Å²) in [5.41, 5.74) is 0. The monoisotopic (exact) mass is 351 g/mol. The number of aliphatic imine (C=N–C) groups is 1. The van der Waals surface area contributed by atoms with Gasteiger partial charge in [0, 0.05) is 65.0 Å². The van der Waals surface area contributed by atoms with Crippen molar-refractivity contribution in [3.8, 4) is 0 Å². The fraction of sp³-hybridized carbons (Fsp3) is 0.778. The molecule has 25 heavy (non-hydrogen) atoms. The van der Waals surface area contributed by atoms with Gasteiger partial charge in [0.2, 0.25) is 0 Å². The van der Waals surface area contributed by atoms with Crippen LogP contribution in [0.5, 0.6) is 0 Å². The molecule has 1 aromatic heterocycles. The maximum atomic E-state index is 5.79. The zero-order valence-electron chi connectivity index (χ0n) is 15.5. The van der Waals surface area contributed by atoms with Crippen molar-refractivity contribution >= 4 is 5.96 Å². The first-order valence-corrected chi connectivity index (χ1v) is 9.53. The third-order valence-electron chi connectivity index (χ3n) is 4.17. The minimum absolute atomic E-state index is 0.676. The Hall–Kier alpha value is -1.60. The first kappa shape index (κ1) is 19.7. The summed E-state index contributed by atoms with van der Waals surface area (Å²) in [6.07, 6.45) is 8.02. The Morgan fingerprint density at radius 2 is 2.20 bits per heavy atom. The van der Waals surface area contributed by atoms with Gasteiger partial charge in [0.1, 0.15) is 0 Å². The van der Waals surface area contributed by atoms with E-state index in [-0.39, 0.29) is 0 Å². The fourth-order valence-electron chi connectivity index (χ4n) is 2.74. The van der Waals surface area contributed by atoms with Crippen molar-refractivity contribution in [3.05, 3.63) is 18.5 Å². The molecule has 1 aliphatic rings. The van der Waals surface area contributed by atoms with Crippen LogP contribution in [-0.2, 0) is 16.0 Å². The van der Waals surface area contributed by atoms with Crippen molar-refractivity contribution < 1.29 is 9.47 Å². The molecule has 0 atom stereocenters. The number of ether oxygens (including phenoxy) is 2. The van der Waals surface area contributed by atoms with Gasteiger partial charge in [0.25, 0.3) is 0 Å². The summed E-state index contributed by atoms with van der Waals surface area (Å²) in [6.45, 7) is 8.94.